The molecular formula is C68H128N2O21. The molecule has 23 nitrogen and oxygen atoms in total. The second-order valence-electron chi connectivity index (χ2n) is 26.5. The second-order valence-corrected chi connectivity index (χ2v) is 26.5. The van der Waals surface area contributed by atoms with Crippen LogP contribution in [0.2, 0.25) is 0 Å². The highest BCUT2D eigenvalue weighted by Crippen LogP contribution is 2.39. The lowest BCUT2D eigenvalue weighted by molar-refractivity contribution is -0.386. The molecular weight excluding hydrogens is 1180 g/mol. The molecule has 0 aliphatic carbocycles. The molecule has 536 valence electrons. The van der Waals surface area contributed by atoms with Crippen molar-refractivity contribution in [1.82, 2.24) is 10.6 Å². The number of carboxylic acids is 1. The van der Waals surface area contributed by atoms with Crippen molar-refractivity contribution in [1.29, 1.82) is 0 Å². The summed E-state index contributed by atoms with van der Waals surface area (Å²) in [5, 5.41) is 136. The fraction of sp³-hybridized carbons (Fsp3) is 0.956. The van der Waals surface area contributed by atoms with Crippen molar-refractivity contribution in [2.45, 2.75) is 387 Å². The van der Waals surface area contributed by atoms with Crippen LogP contribution in [0.15, 0.2) is 0 Å². The van der Waals surface area contributed by atoms with Gasteiger partial charge in [-0.1, -0.05) is 245 Å². The Bertz CT molecular complexity index is 1850. The highest BCUT2D eigenvalue weighted by Gasteiger charge is 2.60. The number of aliphatic hydroxyl groups is 11. The average Bonchev–Trinajstić information content (AvgIpc) is 0.779. The Hall–Kier alpha value is -2.27. The van der Waals surface area contributed by atoms with Gasteiger partial charge >= 0.3 is 5.97 Å². The van der Waals surface area contributed by atoms with Crippen LogP contribution in [0.4, 0.5) is 0 Å². The number of nitrogens with one attached hydrogen (secondary N) is 2. The lowest BCUT2D eigenvalue weighted by Gasteiger charge is -2.50. The molecule has 2 amide bonds. The van der Waals surface area contributed by atoms with E-state index < -0.39 is 148 Å². The van der Waals surface area contributed by atoms with E-state index >= 15 is 0 Å². The maximum absolute atomic E-state index is 13.5. The number of carbonyl (C=O) groups excluding carboxylic acids is 2. The van der Waals surface area contributed by atoms with Crippen molar-refractivity contribution in [2.24, 2.45) is 0 Å². The third-order valence-electron chi connectivity index (χ3n) is 18.6. The Morgan fingerprint density at radius 3 is 1.37 bits per heavy atom. The molecule has 3 heterocycles. The van der Waals surface area contributed by atoms with Crippen molar-refractivity contribution in [3.8, 4) is 0 Å². The van der Waals surface area contributed by atoms with Crippen molar-refractivity contribution < 1.29 is 104 Å². The van der Waals surface area contributed by atoms with E-state index in [1.54, 1.807) is 0 Å². The lowest BCUT2D eigenvalue weighted by atomic mass is 9.88. The topological polar surface area (TPSA) is 373 Å². The summed E-state index contributed by atoms with van der Waals surface area (Å²) >= 11 is 0. The predicted octanol–water partition coefficient (Wildman–Crippen LogP) is 6.90. The number of rotatable bonds is 55. The van der Waals surface area contributed by atoms with E-state index in [0.717, 1.165) is 51.9 Å². The summed E-state index contributed by atoms with van der Waals surface area (Å²) < 4.78 is 34.9. The van der Waals surface area contributed by atoms with Gasteiger partial charge in [-0.3, -0.25) is 9.59 Å². The smallest absolute Gasteiger partial charge is 0.364 e. The second kappa shape index (κ2) is 49.3. The summed E-state index contributed by atoms with van der Waals surface area (Å²) in [6.45, 7) is 2.23. The van der Waals surface area contributed by atoms with Crippen LogP contribution in [0.1, 0.15) is 278 Å². The highest BCUT2D eigenvalue weighted by atomic mass is 16.8. The van der Waals surface area contributed by atoms with E-state index in [0.29, 0.717) is 19.3 Å². The zero-order chi connectivity index (χ0) is 66.8. The van der Waals surface area contributed by atoms with E-state index in [-0.39, 0.29) is 18.9 Å². The summed E-state index contributed by atoms with van der Waals surface area (Å²) in [6.07, 6.45) is 16.7. The van der Waals surface area contributed by atoms with Crippen LogP contribution in [0.5, 0.6) is 0 Å². The Balaban J connectivity index is 1.56. The minimum Gasteiger partial charge on any atom is -0.477 e. The van der Waals surface area contributed by atoms with Crippen LogP contribution >= 0.6 is 0 Å². The summed E-state index contributed by atoms with van der Waals surface area (Å²) in [7, 11) is 0. The molecule has 3 fully saturated rings. The van der Waals surface area contributed by atoms with Crippen molar-refractivity contribution >= 4 is 17.8 Å². The summed E-state index contributed by atoms with van der Waals surface area (Å²) in [5.41, 5.74) is 0. The molecule has 0 spiro atoms. The predicted molar refractivity (Wildman–Crippen MR) is 343 cm³/mol. The number of hydrogen-bond donors (Lipinski definition) is 14. The van der Waals surface area contributed by atoms with E-state index in [2.05, 4.69) is 24.5 Å². The van der Waals surface area contributed by atoms with Gasteiger partial charge in [0.15, 0.2) is 12.6 Å². The summed E-state index contributed by atoms with van der Waals surface area (Å²) in [4.78, 5) is 38.6. The maximum atomic E-state index is 13.5. The number of hydrogen-bond acceptors (Lipinski definition) is 20. The Kier molecular flexibility index (Phi) is 44.9. The van der Waals surface area contributed by atoms with Crippen molar-refractivity contribution in [2.75, 3.05) is 26.4 Å². The Morgan fingerprint density at radius 1 is 0.527 bits per heavy atom. The minimum atomic E-state index is -3.08. The van der Waals surface area contributed by atoms with Gasteiger partial charge in [0.25, 0.3) is 5.79 Å². The fourth-order valence-electron chi connectivity index (χ4n) is 12.8. The zero-order valence-electron chi connectivity index (χ0n) is 56.0. The first-order valence-corrected chi connectivity index (χ1v) is 35.9. The number of amides is 2. The van der Waals surface area contributed by atoms with Gasteiger partial charge in [-0.05, 0) is 12.8 Å². The molecule has 3 aliphatic rings. The first kappa shape index (κ1) is 83.0. The van der Waals surface area contributed by atoms with Crippen LogP contribution in [-0.4, -0.2) is 215 Å². The third-order valence-corrected chi connectivity index (χ3v) is 18.6. The monoisotopic (exact) mass is 1310 g/mol. The van der Waals surface area contributed by atoms with Gasteiger partial charge in [0.05, 0.1) is 50.7 Å². The van der Waals surface area contributed by atoms with Gasteiger partial charge in [0.1, 0.15) is 67.1 Å². The lowest BCUT2D eigenvalue weighted by Crippen LogP contribution is -2.70. The average molecular weight is 1310 g/mol. The van der Waals surface area contributed by atoms with E-state index in [1.165, 1.54) is 180 Å². The molecule has 18 atom stereocenters. The van der Waals surface area contributed by atoms with Gasteiger partial charge in [0.2, 0.25) is 11.8 Å². The molecule has 91 heavy (non-hydrogen) atoms. The molecule has 14 N–H and O–H groups in total. The van der Waals surface area contributed by atoms with Crippen LogP contribution in [0.25, 0.3) is 0 Å². The van der Waals surface area contributed by atoms with Crippen LogP contribution < -0.4 is 10.6 Å². The number of ether oxygens (including phenoxy) is 6. The first-order chi connectivity index (χ1) is 43.9. The molecule has 3 saturated heterocycles. The number of aliphatic hydroxyl groups excluding tert-OH is 11. The normalized spacial score (nSPS) is 28.4. The maximum Gasteiger partial charge on any atom is 0.364 e. The van der Waals surface area contributed by atoms with Crippen LogP contribution in [0, 0.1) is 0 Å². The van der Waals surface area contributed by atoms with Gasteiger partial charge in [-0.2, -0.15) is 0 Å². The first-order valence-electron chi connectivity index (χ1n) is 35.9. The molecule has 0 saturated carbocycles. The van der Waals surface area contributed by atoms with E-state index in [1.807, 2.05) is 0 Å². The number of carbonyl (C=O) groups is 3. The van der Waals surface area contributed by atoms with Gasteiger partial charge in [-0.15, -0.1) is 0 Å². The zero-order valence-corrected chi connectivity index (χ0v) is 56.0. The molecule has 0 aromatic carbocycles. The van der Waals surface area contributed by atoms with Gasteiger partial charge in [0, 0.05) is 19.8 Å². The van der Waals surface area contributed by atoms with Crippen LogP contribution in [-0.2, 0) is 42.8 Å². The largest absolute Gasteiger partial charge is 0.477 e. The van der Waals surface area contributed by atoms with Crippen molar-refractivity contribution in [3.05, 3.63) is 0 Å². The molecule has 0 aromatic heterocycles. The quantitative estimate of drug-likeness (QED) is 0.0275. The number of aliphatic carboxylic acids is 1. The fourth-order valence-corrected chi connectivity index (χ4v) is 12.8. The number of carboxylic acid groups (broad SMARTS) is 1. The minimum absolute atomic E-state index is 0.229. The highest BCUT2D eigenvalue weighted by molar-refractivity contribution is 5.77. The molecule has 23 heteroatoms. The van der Waals surface area contributed by atoms with Gasteiger partial charge in [-0.25, -0.2) is 4.79 Å². The molecule has 3 rings (SSSR count). The number of unbranched alkanes of at least 4 members (excludes halogenated alkanes) is 35. The Morgan fingerprint density at radius 2 is 0.956 bits per heavy atom. The van der Waals surface area contributed by atoms with Gasteiger partial charge < -0.3 is 100 Å². The SMILES string of the molecule is CCCCCCCCCCCCCCCCCCCCCCCCC(=O)NC(COC1OC(CO)C(OC2OC(CO)C(O)C(OC3(C(=O)O)CC(O)C(NC(C)=O)C(C(O)C(O)CO)O3)C2O)C(O)C1O)C(O)CCCCCCCCCCCCCCCCC. The van der Waals surface area contributed by atoms with E-state index in [9.17, 15) is 75.7 Å². The van der Waals surface area contributed by atoms with Crippen molar-refractivity contribution in [3.63, 3.8) is 0 Å². The molecule has 0 bridgehead atoms. The summed E-state index contributed by atoms with van der Waals surface area (Å²) in [5.74, 6) is -6.09. The van der Waals surface area contributed by atoms with Crippen LogP contribution in [0.3, 0.4) is 0 Å². The Labute approximate surface area is 544 Å². The summed E-state index contributed by atoms with van der Waals surface area (Å²) in [6, 6.07) is -2.52. The van der Waals surface area contributed by atoms with E-state index in [4.69, 9.17) is 28.4 Å². The molecule has 18 unspecified atom stereocenters. The molecule has 0 aromatic rings. The molecule has 3 aliphatic heterocycles. The molecule has 0 radical (unpaired) electrons. The standard InChI is InChI=1S/C68H128N2O21/c1-4-6-8-10-12-14-16-18-20-21-22-23-24-25-26-28-30-32-34-36-38-40-42-55(78)70-49(50(75)41-39-37-35-33-31-29-27-19-17-15-13-11-9-7-5-2)47-86-65-60(82)59(81)62(54(46-73)88-65)89-66-61(83)64(58(80)53(45-72)87-66)91-68(67(84)85)43-51(76)56(69-48(3)74)63(90-68)57(79)52(77)44-71/h49-54,56-66,71-73,75-77,79-83H,4-47H2,1-3H3,(H,69,74)(H,70,78)(H,84,85). The third kappa shape index (κ3) is 31.7.